The van der Waals surface area contributed by atoms with Crippen LogP contribution in [0.4, 0.5) is 5.95 Å². The summed E-state index contributed by atoms with van der Waals surface area (Å²) in [6.45, 7) is 2.16. The maximum absolute atomic E-state index is 13.0. The standard InChI is InChI=1S/C18H20N6O2/c25-15(20-10-12-6-7-12)11-23-18(26)24-14-5-2-1-4-13(14)16-19-8-3-9-22(16)17(24)21-23/h1-2,4-5,12H,3,6-11H2,(H,20,25). The fourth-order valence-electron chi connectivity index (χ4n) is 3.55. The average Bonchev–Trinajstić information content (AvgIpc) is 3.44. The zero-order valence-electron chi connectivity index (χ0n) is 14.4. The number of carbonyl (C=O) groups is 1. The maximum atomic E-state index is 13.0. The number of benzene rings is 1. The highest BCUT2D eigenvalue weighted by Gasteiger charge is 2.33. The molecule has 1 saturated carbocycles. The van der Waals surface area contributed by atoms with E-state index in [1.807, 2.05) is 29.2 Å². The fraction of sp³-hybridized carbons (Fsp3) is 0.444. The molecule has 5 rings (SSSR count). The smallest absolute Gasteiger partial charge is 0.352 e. The number of anilines is 1. The van der Waals surface area contributed by atoms with Crippen molar-refractivity contribution >= 4 is 17.7 Å². The number of nitrogens with one attached hydrogen (secondary N) is 1. The Balaban J connectivity index is 1.54. The van der Waals surface area contributed by atoms with Gasteiger partial charge < -0.3 is 5.32 Å². The molecule has 3 heterocycles. The molecule has 2 aliphatic heterocycles. The molecule has 0 unspecified atom stereocenters. The molecule has 8 nitrogen and oxygen atoms in total. The largest absolute Gasteiger partial charge is 0.354 e. The molecule has 0 radical (unpaired) electrons. The lowest BCUT2D eigenvalue weighted by Gasteiger charge is -2.33. The zero-order chi connectivity index (χ0) is 17.7. The van der Waals surface area contributed by atoms with Gasteiger partial charge in [-0.3, -0.25) is 14.7 Å². The Hall–Kier alpha value is -2.90. The summed E-state index contributed by atoms with van der Waals surface area (Å²) in [6.07, 6.45) is 3.26. The Morgan fingerprint density at radius 1 is 1.27 bits per heavy atom. The summed E-state index contributed by atoms with van der Waals surface area (Å²) in [6, 6.07) is 7.71. The molecule has 1 aromatic carbocycles. The number of aliphatic imine (C=N–C) groups is 1. The molecule has 0 spiro atoms. The fourth-order valence-corrected chi connectivity index (χ4v) is 3.55. The first-order chi connectivity index (χ1) is 12.7. The van der Waals surface area contributed by atoms with E-state index in [1.165, 1.54) is 17.5 Å². The molecule has 26 heavy (non-hydrogen) atoms. The van der Waals surface area contributed by atoms with Gasteiger partial charge in [-0.05, 0) is 37.3 Å². The Morgan fingerprint density at radius 3 is 2.96 bits per heavy atom. The summed E-state index contributed by atoms with van der Waals surface area (Å²) in [4.78, 5) is 31.8. The van der Waals surface area contributed by atoms with E-state index >= 15 is 0 Å². The number of amidine groups is 1. The minimum Gasteiger partial charge on any atom is -0.354 e. The van der Waals surface area contributed by atoms with Crippen molar-refractivity contribution in [3.8, 4) is 5.69 Å². The molecule has 0 saturated heterocycles. The number of para-hydroxylation sites is 1. The van der Waals surface area contributed by atoms with E-state index in [0.717, 1.165) is 36.6 Å². The molecule has 134 valence electrons. The van der Waals surface area contributed by atoms with Crippen molar-refractivity contribution < 1.29 is 4.79 Å². The van der Waals surface area contributed by atoms with Crippen LogP contribution in [-0.4, -0.2) is 45.7 Å². The third-order valence-corrected chi connectivity index (χ3v) is 5.08. The molecule has 0 atom stereocenters. The van der Waals surface area contributed by atoms with E-state index in [2.05, 4.69) is 15.4 Å². The van der Waals surface area contributed by atoms with E-state index in [0.29, 0.717) is 18.4 Å². The monoisotopic (exact) mass is 352 g/mol. The van der Waals surface area contributed by atoms with Crippen molar-refractivity contribution in [3.05, 3.63) is 40.3 Å². The minimum atomic E-state index is -0.293. The summed E-state index contributed by atoms with van der Waals surface area (Å²) >= 11 is 0. The van der Waals surface area contributed by atoms with Gasteiger partial charge in [0, 0.05) is 25.2 Å². The summed E-state index contributed by atoms with van der Waals surface area (Å²) in [5.41, 5.74) is 1.41. The first kappa shape index (κ1) is 15.4. The van der Waals surface area contributed by atoms with Gasteiger partial charge in [-0.25, -0.2) is 14.0 Å². The van der Waals surface area contributed by atoms with Crippen LogP contribution in [0.1, 0.15) is 24.8 Å². The van der Waals surface area contributed by atoms with Crippen LogP contribution in [-0.2, 0) is 11.3 Å². The van der Waals surface area contributed by atoms with Gasteiger partial charge in [-0.2, -0.15) is 0 Å². The van der Waals surface area contributed by atoms with E-state index in [-0.39, 0.29) is 18.1 Å². The second-order valence-corrected chi connectivity index (χ2v) is 7.05. The molecule has 3 aliphatic rings. The lowest BCUT2D eigenvalue weighted by atomic mass is 10.1. The summed E-state index contributed by atoms with van der Waals surface area (Å²) in [5.74, 6) is 1.83. The highest BCUT2D eigenvalue weighted by atomic mass is 16.2. The second kappa shape index (κ2) is 5.82. The van der Waals surface area contributed by atoms with Gasteiger partial charge >= 0.3 is 5.69 Å². The highest BCUT2D eigenvalue weighted by molar-refractivity contribution is 6.13. The molecular weight excluding hydrogens is 332 g/mol. The van der Waals surface area contributed by atoms with Gasteiger partial charge in [0.05, 0.1) is 5.69 Å². The first-order valence-electron chi connectivity index (χ1n) is 9.10. The average molecular weight is 352 g/mol. The van der Waals surface area contributed by atoms with Crippen LogP contribution < -0.4 is 15.9 Å². The molecule has 0 bridgehead atoms. The van der Waals surface area contributed by atoms with Crippen LogP contribution in [0.5, 0.6) is 0 Å². The molecule has 2 aromatic rings. The number of amides is 1. The lowest BCUT2D eigenvalue weighted by Crippen LogP contribution is -2.43. The Labute approximate surface area is 150 Å². The Bertz CT molecular complexity index is 968. The number of hydrogen-bond acceptors (Lipinski definition) is 5. The normalized spacial score (nSPS) is 17.8. The van der Waals surface area contributed by atoms with Crippen molar-refractivity contribution in [1.29, 1.82) is 0 Å². The molecular formula is C18H20N6O2. The lowest BCUT2D eigenvalue weighted by molar-refractivity contribution is -0.121. The van der Waals surface area contributed by atoms with Gasteiger partial charge in [0.1, 0.15) is 12.4 Å². The van der Waals surface area contributed by atoms with Crippen molar-refractivity contribution in [3.63, 3.8) is 0 Å². The van der Waals surface area contributed by atoms with Crippen molar-refractivity contribution in [1.82, 2.24) is 19.7 Å². The summed E-state index contributed by atoms with van der Waals surface area (Å²) < 4.78 is 2.85. The molecule has 1 fully saturated rings. The Kier molecular flexibility index (Phi) is 3.44. The number of carbonyl (C=O) groups excluding carboxylic acids is 1. The zero-order valence-corrected chi connectivity index (χ0v) is 14.4. The SMILES string of the molecule is O=C(Cn1nc2n(c1=O)-c1ccccc1C1=NCCCN12)NCC1CC1. The molecule has 1 amide bonds. The van der Waals surface area contributed by atoms with Crippen molar-refractivity contribution in [2.75, 3.05) is 24.5 Å². The van der Waals surface area contributed by atoms with Gasteiger partial charge in [-0.15, -0.1) is 5.10 Å². The molecule has 1 aromatic heterocycles. The quantitative estimate of drug-likeness (QED) is 0.870. The summed E-state index contributed by atoms with van der Waals surface area (Å²) in [5, 5.41) is 7.36. The number of hydrogen-bond donors (Lipinski definition) is 1. The van der Waals surface area contributed by atoms with Gasteiger partial charge in [0.15, 0.2) is 0 Å². The topological polar surface area (TPSA) is 84.5 Å². The van der Waals surface area contributed by atoms with Crippen LogP contribution in [0.3, 0.4) is 0 Å². The first-order valence-corrected chi connectivity index (χ1v) is 9.10. The molecule has 8 heteroatoms. The van der Waals surface area contributed by atoms with Crippen LogP contribution in [0.15, 0.2) is 34.1 Å². The highest BCUT2D eigenvalue weighted by Crippen LogP contribution is 2.29. The third-order valence-electron chi connectivity index (χ3n) is 5.08. The number of nitrogens with zero attached hydrogens (tertiary/aromatic N) is 5. The van der Waals surface area contributed by atoms with Crippen molar-refractivity contribution in [2.24, 2.45) is 10.9 Å². The third kappa shape index (κ3) is 2.44. The molecule has 1 aliphatic carbocycles. The van der Waals surface area contributed by atoms with Crippen LogP contribution in [0, 0.1) is 5.92 Å². The number of rotatable bonds is 4. The molecule has 1 N–H and O–H groups in total. The summed E-state index contributed by atoms with van der Waals surface area (Å²) in [7, 11) is 0. The number of fused-ring (bicyclic) bond motifs is 6. The van der Waals surface area contributed by atoms with Crippen LogP contribution in [0.2, 0.25) is 0 Å². The van der Waals surface area contributed by atoms with Gasteiger partial charge in [0.25, 0.3) is 0 Å². The van der Waals surface area contributed by atoms with Crippen LogP contribution in [0.25, 0.3) is 5.69 Å². The maximum Gasteiger partial charge on any atom is 0.352 e. The predicted octanol–water partition coefficient (Wildman–Crippen LogP) is 0.530. The van der Waals surface area contributed by atoms with Crippen molar-refractivity contribution in [2.45, 2.75) is 25.8 Å². The van der Waals surface area contributed by atoms with Gasteiger partial charge in [0.2, 0.25) is 11.9 Å². The Morgan fingerprint density at radius 2 is 2.12 bits per heavy atom. The van der Waals surface area contributed by atoms with E-state index in [1.54, 1.807) is 4.57 Å². The van der Waals surface area contributed by atoms with Crippen LogP contribution >= 0.6 is 0 Å². The van der Waals surface area contributed by atoms with E-state index < -0.39 is 0 Å². The van der Waals surface area contributed by atoms with Gasteiger partial charge in [-0.1, -0.05) is 12.1 Å². The van der Waals surface area contributed by atoms with E-state index in [4.69, 9.17) is 0 Å². The second-order valence-electron chi connectivity index (χ2n) is 7.05. The minimum absolute atomic E-state index is 0.0615. The number of aromatic nitrogens is 3. The predicted molar refractivity (Wildman–Crippen MR) is 96.9 cm³/mol. The van der Waals surface area contributed by atoms with E-state index in [9.17, 15) is 9.59 Å².